The van der Waals surface area contributed by atoms with Crippen molar-refractivity contribution in [2.45, 2.75) is 25.4 Å². The quantitative estimate of drug-likeness (QED) is 0.924. The zero-order chi connectivity index (χ0) is 13.9. The average molecular weight is 295 g/mol. The Balaban J connectivity index is 1.49. The third-order valence-corrected chi connectivity index (χ3v) is 4.48. The SMILES string of the molecule is CN(CC1CCCNC1)CC1Cc2cc(Cl)ccc2O1. The maximum Gasteiger partial charge on any atom is 0.123 e. The number of halogens is 1. The van der Waals surface area contributed by atoms with Crippen LogP contribution in [0.4, 0.5) is 0 Å². The van der Waals surface area contributed by atoms with Crippen LogP contribution < -0.4 is 10.1 Å². The molecule has 0 amide bonds. The number of nitrogens with zero attached hydrogens (tertiary/aromatic N) is 1. The monoisotopic (exact) mass is 294 g/mol. The van der Waals surface area contributed by atoms with Crippen molar-refractivity contribution in [3.8, 4) is 5.75 Å². The van der Waals surface area contributed by atoms with Gasteiger partial charge in [0.15, 0.2) is 0 Å². The molecule has 2 heterocycles. The van der Waals surface area contributed by atoms with Crippen LogP contribution in [0.25, 0.3) is 0 Å². The van der Waals surface area contributed by atoms with Gasteiger partial charge in [-0.2, -0.15) is 0 Å². The summed E-state index contributed by atoms with van der Waals surface area (Å²) in [5, 5.41) is 4.28. The molecule has 2 aliphatic rings. The first-order valence-electron chi connectivity index (χ1n) is 7.55. The van der Waals surface area contributed by atoms with Gasteiger partial charge in [0.25, 0.3) is 0 Å². The van der Waals surface area contributed by atoms with Gasteiger partial charge in [0.05, 0.1) is 0 Å². The van der Waals surface area contributed by atoms with Gasteiger partial charge < -0.3 is 15.0 Å². The highest BCUT2D eigenvalue weighted by atomic mass is 35.5. The Kier molecular flexibility index (Phi) is 4.49. The zero-order valence-corrected chi connectivity index (χ0v) is 12.8. The Morgan fingerprint density at radius 3 is 3.10 bits per heavy atom. The van der Waals surface area contributed by atoms with Crippen molar-refractivity contribution in [2.75, 3.05) is 33.2 Å². The highest BCUT2D eigenvalue weighted by Crippen LogP contribution is 2.31. The van der Waals surface area contributed by atoms with E-state index < -0.39 is 0 Å². The molecule has 1 N–H and O–H groups in total. The maximum absolute atomic E-state index is 6.03. The largest absolute Gasteiger partial charge is 0.488 e. The van der Waals surface area contributed by atoms with Gasteiger partial charge in [-0.05, 0) is 62.7 Å². The fourth-order valence-electron chi connectivity index (χ4n) is 3.33. The van der Waals surface area contributed by atoms with E-state index in [0.29, 0.717) is 0 Å². The average Bonchev–Trinajstić information content (AvgIpc) is 2.80. The lowest BCUT2D eigenvalue weighted by molar-refractivity contribution is 0.150. The van der Waals surface area contributed by atoms with Crippen molar-refractivity contribution in [1.29, 1.82) is 0 Å². The Labute approximate surface area is 126 Å². The van der Waals surface area contributed by atoms with E-state index in [1.807, 2.05) is 18.2 Å². The standard InChI is InChI=1S/C16H23ClN2O/c1-19(10-12-3-2-6-18-9-12)11-15-8-13-7-14(17)4-5-16(13)20-15/h4-5,7,12,15,18H,2-3,6,8-11H2,1H3. The topological polar surface area (TPSA) is 24.5 Å². The number of likely N-dealkylation sites (N-methyl/N-ethyl adjacent to an activating group) is 1. The Morgan fingerprint density at radius 1 is 1.40 bits per heavy atom. The van der Waals surface area contributed by atoms with Gasteiger partial charge in [-0.15, -0.1) is 0 Å². The number of benzene rings is 1. The van der Waals surface area contributed by atoms with Crippen molar-refractivity contribution in [1.82, 2.24) is 10.2 Å². The number of piperidine rings is 1. The third kappa shape index (κ3) is 3.46. The molecule has 20 heavy (non-hydrogen) atoms. The fraction of sp³-hybridized carbons (Fsp3) is 0.625. The minimum atomic E-state index is 0.269. The molecule has 2 aliphatic heterocycles. The van der Waals surface area contributed by atoms with Crippen molar-refractivity contribution in [3.05, 3.63) is 28.8 Å². The molecule has 1 aromatic carbocycles. The van der Waals surface area contributed by atoms with Crippen molar-refractivity contribution < 1.29 is 4.74 Å². The van der Waals surface area contributed by atoms with E-state index in [2.05, 4.69) is 17.3 Å². The molecule has 2 atom stereocenters. The molecule has 0 bridgehead atoms. The fourth-order valence-corrected chi connectivity index (χ4v) is 3.53. The summed E-state index contributed by atoms with van der Waals surface area (Å²) < 4.78 is 6.01. The molecule has 0 aliphatic carbocycles. The van der Waals surface area contributed by atoms with E-state index in [9.17, 15) is 0 Å². The van der Waals surface area contributed by atoms with E-state index in [1.54, 1.807) is 0 Å². The van der Waals surface area contributed by atoms with Gasteiger partial charge in [0, 0.05) is 24.5 Å². The van der Waals surface area contributed by atoms with Crippen LogP contribution in [0.3, 0.4) is 0 Å². The number of nitrogens with one attached hydrogen (secondary N) is 1. The van der Waals surface area contributed by atoms with Crippen molar-refractivity contribution >= 4 is 11.6 Å². The van der Waals surface area contributed by atoms with Crippen LogP contribution in [0, 0.1) is 5.92 Å². The normalized spacial score (nSPS) is 25.6. The summed E-state index contributed by atoms with van der Waals surface area (Å²) in [5.41, 5.74) is 1.25. The summed E-state index contributed by atoms with van der Waals surface area (Å²) in [6.07, 6.45) is 3.90. The molecule has 1 saturated heterocycles. The number of ether oxygens (including phenoxy) is 1. The van der Waals surface area contributed by atoms with Crippen molar-refractivity contribution in [2.24, 2.45) is 5.92 Å². The molecule has 4 heteroatoms. The van der Waals surface area contributed by atoms with Gasteiger partial charge >= 0.3 is 0 Å². The summed E-state index contributed by atoms with van der Waals surface area (Å²) in [5.74, 6) is 1.79. The molecule has 3 rings (SSSR count). The molecular weight excluding hydrogens is 272 g/mol. The van der Waals surface area contributed by atoms with Crippen LogP contribution in [-0.2, 0) is 6.42 Å². The van der Waals surface area contributed by atoms with E-state index in [0.717, 1.165) is 42.7 Å². The van der Waals surface area contributed by atoms with Crippen molar-refractivity contribution in [3.63, 3.8) is 0 Å². The van der Waals surface area contributed by atoms with Gasteiger partial charge in [-0.1, -0.05) is 11.6 Å². The van der Waals surface area contributed by atoms with Crippen LogP contribution in [-0.4, -0.2) is 44.2 Å². The number of hydrogen-bond acceptors (Lipinski definition) is 3. The molecule has 2 unspecified atom stereocenters. The lowest BCUT2D eigenvalue weighted by atomic mass is 9.99. The minimum Gasteiger partial charge on any atom is -0.488 e. The second-order valence-electron chi connectivity index (χ2n) is 6.13. The first-order valence-corrected chi connectivity index (χ1v) is 7.93. The highest BCUT2D eigenvalue weighted by Gasteiger charge is 2.25. The highest BCUT2D eigenvalue weighted by molar-refractivity contribution is 6.30. The molecule has 0 aromatic heterocycles. The molecule has 0 saturated carbocycles. The molecular formula is C16H23ClN2O. The molecule has 0 spiro atoms. The maximum atomic E-state index is 6.03. The smallest absolute Gasteiger partial charge is 0.123 e. The summed E-state index contributed by atoms with van der Waals surface area (Å²) in [6.45, 7) is 4.49. The van der Waals surface area contributed by atoms with E-state index in [4.69, 9.17) is 16.3 Å². The summed E-state index contributed by atoms with van der Waals surface area (Å²) in [7, 11) is 2.20. The van der Waals surface area contributed by atoms with E-state index in [-0.39, 0.29) is 6.10 Å². The number of fused-ring (bicyclic) bond motifs is 1. The molecule has 3 nitrogen and oxygen atoms in total. The summed E-state index contributed by atoms with van der Waals surface area (Å²) >= 11 is 6.03. The molecule has 0 radical (unpaired) electrons. The minimum absolute atomic E-state index is 0.269. The van der Waals surface area contributed by atoms with E-state index >= 15 is 0 Å². The van der Waals surface area contributed by atoms with Gasteiger partial charge in [0.2, 0.25) is 0 Å². The van der Waals surface area contributed by atoms with Crippen LogP contribution >= 0.6 is 11.6 Å². The Hall–Kier alpha value is -0.770. The number of rotatable bonds is 4. The Bertz CT molecular complexity index is 460. The zero-order valence-electron chi connectivity index (χ0n) is 12.1. The predicted molar refractivity (Wildman–Crippen MR) is 82.7 cm³/mol. The first kappa shape index (κ1) is 14.2. The molecule has 110 valence electrons. The third-order valence-electron chi connectivity index (χ3n) is 4.25. The second-order valence-corrected chi connectivity index (χ2v) is 6.57. The summed E-state index contributed by atoms with van der Waals surface area (Å²) in [4.78, 5) is 2.41. The van der Waals surface area contributed by atoms with Gasteiger partial charge in [-0.25, -0.2) is 0 Å². The number of hydrogen-bond donors (Lipinski definition) is 1. The lowest BCUT2D eigenvalue weighted by Crippen LogP contribution is -2.40. The van der Waals surface area contributed by atoms with Crippen LogP contribution in [0.2, 0.25) is 5.02 Å². The van der Waals surface area contributed by atoms with Gasteiger partial charge in [0.1, 0.15) is 11.9 Å². The van der Waals surface area contributed by atoms with E-state index in [1.165, 1.54) is 24.9 Å². The predicted octanol–water partition coefficient (Wildman–Crippen LogP) is 2.57. The van der Waals surface area contributed by atoms with Gasteiger partial charge in [-0.3, -0.25) is 0 Å². The lowest BCUT2D eigenvalue weighted by Gasteiger charge is -2.28. The summed E-state index contributed by atoms with van der Waals surface area (Å²) in [6, 6.07) is 5.92. The van der Waals surface area contributed by atoms with Crippen LogP contribution in [0.15, 0.2) is 18.2 Å². The Morgan fingerprint density at radius 2 is 2.30 bits per heavy atom. The van der Waals surface area contributed by atoms with Crippen LogP contribution in [0.1, 0.15) is 18.4 Å². The second kappa shape index (κ2) is 6.33. The first-order chi connectivity index (χ1) is 9.70. The van der Waals surface area contributed by atoms with Crippen LogP contribution in [0.5, 0.6) is 5.75 Å². The molecule has 1 aromatic rings. The molecule has 1 fully saturated rings.